The van der Waals surface area contributed by atoms with Crippen LogP contribution in [0.4, 0.5) is 0 Å². The molecule has 0 aliphatic carbocycles. The summed E-state index contributed by atoms with van der Waals surface area (Å²) in [5, 5.41) is 2.93. The summed E-state index contributed by atoms with van der Waals surface area (Å²) in [6.07, 6.45) is 3.71. The Morgan fingerprint density at radius 1 is 1.36 bits per heavy atom. The first-order chi connectivity index (χ1) is 6.45. The third-order valence-corrected chi connectivity index (χ3v) is 2.47. The lowest BCUT2D eigenvalue weighted by molar-refractivity contribution is -0.870. The summed E-state index contributed by atoms with van der Waals surface area (Å²) in [5.41, 5.74) is 0. The first-order valence-electron chi connectivity index (χ1n) is 5.02. The van der Waals surface area contributed by atoms with Crippen LogP contribution in [0.25, 0.3) is 0 Å². The molecule has 4 heteroatoms. The van der Waals surface area contributed by atoms with E-state index in [-0.39, 0.29) is 5.91 Å². The number of hydrogen-bond acceptors (Lipinski definition) is 2. The Bertz CT molecular complexity index is 166. The molecule has 0 aliphatic rings. The Hall–Kier alpha value is -0.220. The van der Waals surface area contributed by atoms with Crippen LogP contribution in [0.3, 0.4) is 0 Å². The second-order valence-corrected chi connectivity index (χ2v) is 5.45. The van der Waals surface area contributed by atoms with Gasteiger partial charge in [0.05, 0.1) is 27.7 Å². The molecule has 0 bridgehead atoms. The average molecular weight is 219 g/mol. The number of carbonyl (C=O) groups is 1. The van der Waals surface area contributed by atoms with E-state index in [4.69, 9.17) is 0 Å². The zero-order valence-corrected chi connectivity index (χ0v) is 10.6. The van der Waals surface area contributed by atoms with E-state index < -0.39 is 0 Å². The van der Waals surface area contributed by atoms with E-state index >= 15 is 0 Å². The van der Waals surface area contributed by atoms with Crippen molar-refractivity contribution in [3.8, 4) is 0 Å². The molecule has 0 radical (unpaired) electrons. The molecule has 0 rings (SSSR count). The minimum absolute atomic E-state index is 0.181. The number of amides is 1. The molecule has 14 heavy (non-hydrogen) atoms. The lowest BCUT2D eigenvalue weighted by Gasteiger charge is -2.23. The monoisotopic (exact) mass is 219 g/mol. The van der Waals surface area contributed by atoms with Crippen LogP contribution in [0, 0.1) is 0 Å². The molecule has 0 saturated carbocycles. The number of thioether (sulfide) groups is 1. The first-order valence-corrected chi connectivity index (χ1v) is 6.41. The molecule has 0 fully saturated rings. The molecule has 0 aromatic rings. The van der Waals surface area contributed by atoms with Crippen molar-refractivity contribution in [1.82, 2.24) is 5.32 Å². The smallest absolute Gasteiger partial charge is 0.220 e. The van der Waals surface area contributed by atoms with Crippen molar-refractivity contribution < 1.29 is 9.28 Å². The van der Waals surface area contributed by atoms with Crippen LogP contribution in [0.1, 0.15) is 12.8 Å². The third-order valence-electron chi connectivity index (χ3n) is 1.86. The molecule has 84 valence electrons. The summed E-state index contributed by atoms with van der Waals surface area (Å²) in [6, 6.07) is 0. The fourth-order valence-corrected chi connectivity index (χ4v) is 1.45. The lowest BCUT2D eigenvalue weighted by Crippen LogP contribution is -2.37. The molecular weight excluding hydrogens is 196 g/mol. The van der Waals surface area contributed by atoms with E-state index in [1.54, 1.807) is 11.8 Å². The molecule has 0 heterocycles. The van der Waals surface area contributed by atoms with Crippen LogP contribution in [-0.4, -0.2) is 56.6 Å². The molecular formula is C10H23N2OS+. The maximum Gasteiger partial charge on any atom is 0.220 e. The second kappa shape index (κ2) is 7.12. The predicted molar refractivity (Wildman–Crippen MR) is 63.5 cm³/mol. The first kappa shape index (κ1) is 13.8. The Morgan fingerprint density at radius 2 is 2.00 bits per heavy atom. The van der Waals surface area contributed by atoms with E-state index in [0.29, 0.717) is 6.42 Å². The van der Waals surface area contributed by atoms with E-state index in [0.717, 1.165) is 29.7 Å². The van der Waals surface area contributed by atoms with Crippen LogP contribution < -0.4 is 5.32 Å². The number of nitrogens with one attached hydrogen (secondary N) is 1. The summed E-state index contributed by atoms with van der Waals surface area (Å²) in [7, 11) is 6.49. The highest BCUT2D eigenvalue weighted by atomic mass is 32.2. The highest BCUT2D eigenvalue weighted by molar-refractivity contribution is 7.98. The largest absolute Gasteiger partial charge is 0.356 e. The zero-order chi connectivity index (χ0) is 11.0. The van der Waals surface area contributed by atoms with Gasteiger partial charge in [0, 0.05) is 25.1 Å². The van der Waals surface area contributed by atoms with Gasteiger partial charge in [0.2, 0.25) is 5.91 Å². The van der Waals surface area contributed by atoms with Gasteiger partial charge in [-0.2, -0.15) is 11.8 Å². The molecule has 1 amide bonds. The van der Waals surface area contributed by atoms with Gasteiger partial charge in [0.15, 0.2) is 0 Å². The van der Waals surface area contributed by atoms with Gasteiger partial charge < -0.3 is 9.80 Å². The molecule has 0 aliphatic heterocycles. The minimum Gasteiger partial charge on any atom is -0.356 e. The van der Waals surface area contributed by atoms with Crippen molar-refractivity contribution in [1.29, 1.82) is 0 Å². The van der Waals surface area contributed by atoms with Crippen molar-refractivity contribution in [2.75, 3.05) is 46.2 Å². The molecule has 3 nitrogen and oxygen atoms in total. The van der Waals surface area contributed by atoms with Crippen molar-refractivity contribution in [3.05, 3.63) is 0 Å². The molecule has 0 atom stereocenters. The quantitative estimate of drug-likeness (QED) is 0.510. The van der Waals surface area contributed by atoms with Gasteiger partial charge in [-0.25, -0.2) is 0 Å². The number of quaternary nitrogens is 1. The molecule has 1 N–H and O–H groups in total. The topological polar surface area (TPSA) is 29.1 Å². The maximum absolute atomic E-state index is 11.2. The van der Waals surface area contributed by atoms with Gasteiger partial charge in [-0.05, 0) is 6.26 Å². The van der Waals surface area contributed by atoms with Crippen LogP contribution in [-0.2, 0) is 4.79 Å². The Labute approximate surface area is 91.8 Å². The summed E-state index contributed by atoms with van der Waals surface area (Å²) < 4.78 is 0.959. The standard InChI is InChI=1S/C10H22N2OS/c1-12(2,3)8-5-7-11-10(13)6-9-14-4/h5-9H2,1-4H3/p+1. The molecule has 0 aromatic carbocycles. The third kappa shape index (κ3) is 9.86. The fraction of sp³-hybridized carbons (Fsp3) is 0.900. The Morgan fingerprint density at radius 3 is 2.50 bits per heavy atom. The van der Waals surface area contributed by atoms with Crippen LogP contribution in [0.5, 0.6) is 0 Å². The molecule has 0 unspecified atom stereocenters. The van der Waals surface area contributed by atoms with Crippen molar-refractivity contribution in [2.45, 2.75) is 12.8 Å². The van der Waals surface area contributed by atoms with Crippen molar-refractivity contribution in [2.24, 2.45) is 0 Å². The summed E-state index contributed by atoms with van der Waals surface area (Å²) in [6.45, 7) is 1.91. The highest BCUT2D eigenvalue weighted by Crippen LogP contribution is 1.95. The van der Waals surface area contributed by atoms with Gasteiger partial charge in [-0.3, -0.25) is 4.79 Å². The summed E-state index contributed by atoms with van der Waals surface area (Å²) >= 11 is 1.71. The van der Waals surface area contributed by atoms with Crippen molar-refractivity contribution >= 4 is 17.7 Å². The fourth-order valence-electron chi connectivity index (χ4n) is 1.06. The predicted octanol–water partition coefficient (Wildman–Crippen LogP) is 0.952. The van der Waals surface area contributed by atoms with Gasteiger partial charge >= 0.3 is 0 Å². The van der Waals surface area contributed by atoms with E-state index in [1.807, 2.05) is 6.26 Å². The SMILES string of the molecule is CSCCC(=O)NCCC[N+](C)(C)C. The zero-order valence-electron chi connectivity index (χ0n) is 9.80. The average Bonchev–Trinajstić information content (AvgIpc) is 2.07. The highest BCUT2D eigenvalue weighted by Gasteiger charge is 2.06. The maximum atomic E-state index is 11.2. The van der Waals surface area contributed by atoms with E-state index in [2.05, 4.69) is 26.5 Å². The summed E-state index contributed by atoms with van der Waals surface area (Å²) in [5.74, 6) is 1.10. The van der Waals surface area contributed by atoms with Gasteiger partial charge in [-0.1, -0.05) is 0 Å². The lowest BCUT2D eigenvalue weighted by atomic mass is 10.3. The number of hydrogen-bond donors (Lipinski definition) is 1. The van der Waals surface area contributed by atoms with E-state index in [1.165, 1.54) is 0 Å². The number of carbonyl (C=O) groups excluding carboxylic acids is 1. The van der Waals surface area contributed by atoms with Crippen LogP contribution >= 0.6 is 11.8 Å². The van der Waals surface area contributed by atoms with E-state index in [9.17, 15) is 4.79 Å². The molecule has 0 saturated heterocycles. The van der Waals surface area contributed by atoms with Crippen LogP contribution in [0.2, 0.25) is 0 Å². The Balaban J connectivity index is 3.32. The molecule has 0 spiro atoms. The van der Waals surface area contributed by atoms with Gasteiger partial charge in [0.25, 0.3) is 0 Å². The van der Waals surface area contributed by atoms with Crippen LogP contribution in [0.15, 0.2) is 0 Å². The van der Waals surface area contributed by atoms with Gasteiger partial charge in [0.1, 0.15) is 0 Å². The molecule has 0 aromatic heterocycles. The number of nitrogens with zero attached hydrogens (tertiary/aromatic N) is 1. The normalized spacial score (nSPS) is 11.4. The van der Waals surface area contributed by atoms with Gasteiger partial charge in [-0.15, -0.1) is 0 Å². The number of rotatable bonds is 7. The summed E-state index contributed by atoms with van der Waals surface area (Å²) in [4.78, 5) is 11.2. The minimum atomic E-state index is 0.181. The van der Waals surface area contributed by atoms with Crippen molar-refractivity contribution in [3.63, 3.8) is 0 Å². The Kier molecular flexibility index (Phi) is 7.01. The second-order valence-electron chi connectivity index (χ2n) is 4.46.